The number of epoxide rings is 1. The minimum Gasteiger partial charge on any atom is -0.496 e. The van der Waals surface area contributed by atoms with E-state index in [1.807, 2.05) is 0 Å². The summed E-state index contributed by atoms with van der Waals surface area (Å²) in [5, 5.41) is 0. The van der Waals surface area contributed by atoms with Gasteiger partial charge in [0.1, 0.15) is 11.9 Å². The molecule has 5 nitrogen and oxygen atoms in total. The lowest BCUT2D eigenvalue weighted by molar-refractivity contribution is -0.225. The molecule has 22 heavy (non-hydrogen) atoms. The Morgan fingerprint density at radius 1 is 1.09 bits per heavy atom. The molecule has 0 N–H and O–H groups in total. The number of rotatable bonds is 7. The lowest BCUT2D eigenvalue weighted by atomic mass is 10.1. The second-order valence-electron chi connectivity index (χ2n) is 4.66. The Morgan fingerprint density at radius 3 is 2.09 bits per heavy atom. The Hall–Kier alpha value is -1.67. The number of ether oxygens (including phenoxy) is 5. The summed E-state index contributed by atoms with van der Waals surface area (Å²) in [6.45, 7) is 0.273. The maximum absolute atomic E-state index is 13.3. The highest BCUT2D eigenvalue weighted by Crippen LogP contribution is 2.44. The molecule has 0 amide bonds. The first kappa shape index (κ1) is 16.7. The molecule has 2 atom stereocenters. The third-order valence-corrected chi connectivity index (χ3v) is 3.17. The predicted octanol–water partition coefficient (Wildman–Crippen LogP) is 2.73. The highest BCUT2D eigenvalue weighted by atomic mass is 19.4. The van der Waals surface area contributed by atoms with Gasteiger partial charge in [-0.25, -0.2) is 0 Å². The van der Waals surface area contributed by atoms with Gasteiger partial charge in [0.05, 0.1) is 34.5 Å². The normalized spacial score (nSPS) is 18.7. The van der Waals surface area contributed by atoms with Crippen LogP contribution >= 0.6 is 0 Å². The van der Waals surface area contributed by atoms with Gasteiger partial charge in [0.2, 0.25) is 0 Å². The molecule has 1 heterocycles. The molecule has 8 heteroatoms. The molecule has 0 aromatic heterocycles. The van der Waals surface area contributed by atoms with Crippen molar-refractivity contribution in [3.8, 4) is 17.2 Å². The fraction of sp³-hybridized carbons (Fsp3) is 0.571. The van der Waals surface area contributed by atoms with Gasteiger partial charge >= 0.3 is 6.18 Å². The lowest BCUT2D eigenvalue weighted by Gasteiger charge is -2.24. The average Bonchev–Trinajstić information content (AvgIpc) is 3.29. The van der Waals surface area contributed by atoms with Crippen LogP contribution in [-0.2, 0) is 9.47 Å². The molecule has 1 aromatic carbocycles. The van der Waals surface area contributed by atoms with Gasteiger partial charge in [-0.3, -0.25) is 0 Å². The Kier molecular flexibility index (Phi) is 5.02. The van der Waals surface area contributed by atoms with E-state index in [0.717, 1.165) is 0 Å². The van der Waals surface area contributed by atoms with E-state index in [1.54, 1.807) is 0 Å². The summed E-state index contributed by atoms with van der Waals surface area (Å²) in [6.07, 6.45) is -7.01. The van der Waals surface area contributed by atoms with Crippen LogP contribution < -0.4 is 14.2 Å². The molecule has 1 aliphatic rings. The molecule has 1 aliphatic heterocycles. The number of hydrogen-bond donors (Lipinski definition) is 0. The topological polar surface area (TPSA) is 49.5 Å². The maximum Gasteiger partial charge on any atom is 0.419 e. The molecule has 1 aromatic rings. The van der Waals surface area contributed by atoms with Crippen LogP contribution in [0.4, 0.5) is 13.2 Å². The second kappa shape index (κ2) is 6.62. The number of benzene rings is 1. The summed E-state index contributed by atoms with van der Waals surface area (Å²) in [6, 6.07) is 2.55. The van der Waals surface area contributed by atoms with Crippen LogP contribution in [0.3, 0.4) is 0 Å². The lowest BCUT2D eigenvalue weighted by Crippen LogP contribution is -2.25. The fourth-order valence-electron chi connectivity index (χ4n) is 1.99. The quantitative estimate of drug-likeness (QED) is 0.723. The molecule has 0 spiro atoms. The Labute approximate surface area is 125 Å². The standard InChI is InChI=1S/C14H17F3O5/c1-18-10-5-12(20-3)11(19-2)4-9(10)13(14(15,16)17)22-7-8-6-21-8/h4-5,8,13H,6-7H2,1-3H3. The van der Waals surface area contributed by atoms with Crippen LogP contribution in [0.1, 0.15) is 11.7 Å². The molecule has 0 radical (unpaired) electrons. The summed E-state index contributed by atoms with van der Waals surface area (Å²) in [4.78, 5) is 0. The van der Waals surface area contributed by atoms with Crippen LogP contribution in [-0.4, -0.2) is 46.8 Å². The summed E-state index contributed by atoms with van der Waals surface area (Å²) in [5.74, 6) is 0.449. The van der Waals surface area contributed by atoms with E-state index in [1.165, 1.54) is 33.5 Å². The van der Waals surface area contributed by atoms with Crippen LogP contribution in [0.25, 0.3) is 0 Å². The highest BCUT2D eigenvalue weighted by molar-refractivity contribution is 5.51. The van der Waals surface area contributed by atoms with E-state index in [0.29, 0.717) is 6.61 Å². The maximum atomic E-state index is 13.3. The van der Waals surface area contributed by atoms with Gasteiger partial charge in [0.15, 0.2) is 17.6 Å². The number of methoxy groups -OCH3 is 3. The molecule has 2 rings (SSSR count). The van der Waals surface area contributed by atoms with Gasteiger partial charge in [-0.05, 0) is 6.07 Å². The Morgan fingerprint density at radius 2 is 1.64 bits per heavy atom. The molecular weight excluding hydrogens is 305 g/mol. The molecular formula is C14H17F3O5. The fourth-order valence-corrected chi connectivity index (χ4v) is 1.99. The zero-order chi connectivity index (χ0) is 16.3. The minimum atomic E-state index is -4.60. The van der Waals surface area contributed by atoms with Gasteiger partial charge in [-0.15, -0.1) is 0 Å². The minimum absolute atomic E-state index is 0.0108. The third-order valence-electron chi connectivity index (χ3n) is 3.17. The zero-order valence-electron chi connectivity index (χ0n) is 12.4. The van der Waals surface area contributed by atoms with Crippen molar-refractivity contribution in [1.82, 2.24) is 0 Å². The first-order valence-corrected chi connectivity index (χ1v) is 6.50. The highest BCUT2D eigenvalue weighted by Gasteiger charge is 2.45. The molecule has 0 saturated carbocycles. The predicted molar refractivity (Wildman–Crippen MR) is 70.6 cm³/mol. The van der Waals surface area contributed by atoms with Gasteiger partial charge in [0.25, 0.3) is 0 Å². The van der Waals surface area contributed by atoms with Crippen molar-refractivity contribution >= 4 is 0 Å². The molecule has 0 aliphatic carbocycles. The number of halogens is 3. The van der Waals surface area contributed by atoms with E-state index in [2.05, 4.69) is 0 Å². The summed E-state index contributed by atoms with van der Waals surface area (Å²) < 4.78 is 65.0. The van der Waals surface area contributed by atoms with E-state index < -0.39 is 12.3 Å². The van der Waals surface area contributed by atoms with Gasteiger partial charge in [0, 0.05) is 11.6 Å². The van der Waals surface area contributed by atoms with E-state index >= 15 is 0 Å². The monoisotopic (exact) mass is 322 g/mol. The van der Waals surface area contributed by atoms with Crippen molar-refractivity contribution in [2.24, 2.45) is 0 Å². The van der Waals surface area contributed by atoms with Crippen LogP contribution in [0.15, 0.2) is 12.1 Å². The summed E-state index contributed by atoms with van der Waals surface area (Å²) >= 11 is 0. The first-order valence-electron chi connectivity index (χ1n) is 6.50. The van der Waals surface area contributed by atoms with Crippen LogP contribution in [0.2, 0.25) is 0 Å². The van der Waals surface area contributed by atoms with Gasteiger partial charge in [-0.2, -0.15) is 13.2 Å². The smallest absolute Gasteiger partial charge is 0.419 e. The Bertz CT molecular complexity index is 514. The zero-order valence-corrected chi connectivity index (χ0v) is 12.4. The number of hydrogen-bond acceptors (Lipinski definition) is 5. The third kappa shape index (κ3) is 3.75. The molecule has 1 saturated heterocycles. The van der Waals surface area contributed by atoms with E-state index in [-0.39, 0.29) is 35.5 Å². The van der Waals surface area contributed by atoms with E-state index in [9.17, 15) is 13.2 Å². The van der Waals surface area contributed by atoms with Crippen molar-refractivity contribution in [2.75, 3.05) is 34.5 Å². The number of alkyl halides is 3. The van der Waals surface area contributed by atoms with Crippen molar-refractivity contribution < 1.29 is 36.9 Å². The second-order valence-corrected chi connectivity index (χ2v) is 4.66. The van der Waals surface area contributed by atoms with Crippen molar-refractivity contribution in [1.29, 1.82) is 0 Å². The van der Waals surface area contributed by atoms with Crippen molar-refractivity contribution in [2.45, 2.75) is 18.4 Å². The van der Waals surface area contributed by atoms with Crippen molar-refractivity contribution in [3.63, 3.8) is 0 Å². The van der Waals surface area contributed by atoms with Crippen molar-refractivity contribution in [3.05, 3.63) is 17.7 Å². The molecule has 1 fully saturated rings. The van der Waals surface area contributed by atoms with Gasteiger partial charge in [-0.1, -0.05) is 0 Å². The summed E-state index contributed by atoms with van der Waals surface area (Å²) in [7, 11) is 4.01. The van der Waals surface area contributed by atoms with Gasteiger partial charge < -0.3 is 23.7 Å². The van der Waals surface area contributed by atoms with E-state index in [4.69, 9.17) is 23.7 Å². The SMILES string of the molecule is COc1cc(OC)c(C(OCC2CO2)C(F)(F)F)cc1OC. The largest absolute Gasteiger partial charge is 0.496 e. The molecule has 124 valence electrons. The molecule has 2 unspecified atom stereocenters. The molecule has 0 bridgehead atoms. The van der Waals surface area contributed by atoms with Crippen LogP contribution in [0, 0.1) is 0 Å². The average molecular weight is 322 g/mol. The summed E-state index contributed by atoms with van der Waals surface area (Å²) in [5.41, 5.74) is -0.173. The Balaban J connectivity index is 2.39. The van der Waals surface area contributed by atoms with Crippen LogP contribution in [0.5, 0.6) is 17.2 Å². The first-order chi connectivity index (χ1) is 10.4.